The Morgan fingerprint density at radius 2 is 2.06 bits per heavy atom. The van der Waals surface area contributed by atoms with Crippen LogP contribution in [0.5, 0.6) is 0 Å². The van der Waals surface area contributed by atoms with Crippen molar-refractivity contribution in [2.24, 2.45) is 11.3 Å². The molecule has 0 atom stereocenters. The Morgan fingerprint density at radius 1 is 1.35 bits per heavy atom. The third-order valence-corrected chi connectivity index (χ3v) is 2.55. The maximum atomic E-state index is 5.28. The fourth-order valence-electron chi connectivity index (χ4n) is 1.33. The molecule has 1 aromatic heterocycles. The summed E-state index contributed by atoms with van der Waals surface area (Å²) in [7, 11) is 1.72. The Labute approximate surface area is 102 Å². The predicted molar refractivity (Wildman–Crippen MR) is 68.6 cm³/mol. The largest absolute Gasteiger partial charge is 0.385 e. The maximum absolute atomic E-state index is 5.28. The van der Waals surface area contributed by atoms with Crippen LogP contribution in [0.4, 0.5) is 11.6 Å². The van der Waals surface area contributed by atoms with Gasteiger partial charge in [-0.05, 0) is 11.8 Å². The Balaban J connectivity index is 2.48. The summed E-state index contributed by atoms with van der Waals surface area (Å²) in [6.45, 7) is 5.94. The third-order valence-electron chi connectivity index (χ3n) is 2.55. The molecule has 1 aromatic rings. The van der Waals surface area contributed by atoms with Crippen LogP contribution >= 0.6 is 0 Å². The Bertz CT molecular complexity index is 342. The molecule has 0 spiro atoms. The number of aromatic nitrogens is 2. The first-order valence-electron chi connectivity index (χ1n) is 5.59. The Hall–Kier alpha value is -1.40. The second-order valence-corrected chi connectivity index (χ2v) is 4.69. The summed E-state index contributed by atoms with van der Waals surface area (Å²) in [6, 6.07) is 1.77. The van der Waals surface area contributed by atoms with E-state index in [9.17, 15) is 0 Å². The van der Waals surface area contributed by atoms with Crippen LogP contribution in [0.2, 0.25) is 0 Å². The quantitative estimate of drug-likeness (QED) is 0.490. The fraction of sp³-hybridized carbons (Fsp3) is 0.636. The molecule has 0 saturated carbocycles. The van der Waals surface area contributed by atoms with Gasteiger partial charge in [-0.15, -0.1) is 0 Å². The van der Waals surface area contributed by atoms with E-state index in [0.29, 0.717) is 5.82 Å². The van der Waals surface area contributed by atoms with Crippen molar-refractivity contribution in [2.45, 2.75) is 20.3 Å². The molecule has 0 fully saturated rings. The molecule has 6 heteroatoms. The molecule has 4 N–H and O–H groups in total. The maximum Gasteiger partial charge on any atom is 0.145 e. The molecule has 1 heterocycles. The van der Waals surface area contributed by atoms with Crippen molar-refractivity contribution in [1.82, 2.24) is 9.97 Å². The van der Waals surface area contributed by atoms with E-state index in [4.69, 9.17) is 10.6 Å². The molecule has 0 aliphatic carbocycles. The lowest BCUT2D eigenvalue weighted by atomic mass is 9.90. The second-order valence-electron chi connectivity index (χ2n) is 4.69. The number of hydrogen-bond acceptors (Lipinski definition) is 6. The van der Waals surface area contributed by atoms with Gasteiger partial charge in [0.2, 0.25) is 0 Å². The van der Waals surface area contributed by atoms with Gasteiger partial charge < -0.3 is 15.5 Å². The molecular formula is C11H21N5O. The normalized spacial score (nSPS) is 11.3. The predicted octanol–water partition coefficient (Wildman–Crippen LogP) is 1.24. The molecule has 0 aromatic carbocycles. The number of nitrogens with one attached hydrogen (secondary N) is 2. The van der Waals surface area contributed by atoms with Crippen LogP contribution < -0.4 is 16.6 Å². The first-order valence-corrected chi connectivity index (χ1v) is 5.59. The van der Waals surface area contributed by atoms with E-state index in [2.05, 4.69) is 34.6 Å². The molecule has 0 unspecified atom stereocenters. The zero-order valence-corrected chi connectivity index (χ0v) is 10.7. The minimum absolute atomic E-state index is 0.150. The monoisotopic (exact) mass is 239 g/mol. The SMILES string of the molecule is COCCC(C)(C)CNc1cc(NN)ncn1. The summed E-state index contributed by atoms with van der Waals surface area (Å²) < 4.78 is 5.09. The van der Waals surface area contributed by atoms with Crippen LogP contribution in [0.15, 0.2) is 12.4 Å². The highest BCUT2D eigenvalue weighted by Gasteiger charge is 2.17. The molecule has 0 bridgehead atoms. The highest BCUT2D eigenvalue weighted by atomic mass is 16.5. The fourth-order valence-corrected chi connectivity index (χ4v) is 1.33. The first kappa shape index (κ1) is 13.7. The summed E-state index contributed by atoms with van der Waals surface area (Å²) in [5.74, 6) is 6.64. The van der Waals surface area contributed by atoms with Crippen molar-refractivity contribution in [2.75, 3.05) is 31.0 Å². The lowest BCUT2D eigenvalue weighted by Crippen LogP contribution is -2.25. The summed E-state index contributed by atoms with van der Waals surface area (Å²) in [5, 5.41) is 3.27. The van der Waals surface area contributed by atoms with Crippen molar-refractivity contribution in [3.8, 4) is 0 Å². The summed E-state index contributed by atoms with van der Waals surface area (Å²) in [6.07, 6.45) is 2.46. The molecule has 0 radical (unpaired) electrons. The van der Waals surface area contributed by atoms with Crippen LogP contribution in [0.1, 0.15) is 20.3 Å². The van der Waals surface area contributed by atoms with Gasteiger partial charge in [0.15, 0.2) is 0 Å². The average molecular weight is 239 g/mol. The molecule has 0 aliphatic rings. The number of ether oxygens (including phenoxy) is 1. The van der Waals surface area contributed by atoms with Crippen LogP contribution in [-0.4, -0.2) is 30.2 Å². The van der Waals surface area contributed by atoms with Gasteiger partial charge in [0.25, 0.3) is 0 Å². The van der Waals surface area contributed by atoms with Crippen molar-refractivity contribution < 1.29 is 4.74 Å². The van der Waals surface area contributed by atoms with Gasteiger partial charge in [-0.25, -0.2) is 15.8 Å². The van der Waals surface area contributed by atoms with Gasteiger partial charge >= 0.3 is 0 Å². The van der Waals surface area contributed by atoms with E-state index < -0.39 is 0 Å². The van der Waals surface area contributed by atoms with Gasteiger partial charge in [-0.1, -0.05) is 13.8 Å². The molecule has 0 aliphatic heterocycles. The average Bonchev–Trinajstić information content (AvgIpc) is 2.34. The lowest BCUT2D eigenvalue weighted by molar-refractivity contribution is 0.157. The zero-order valence-electron chi connectivity index (χ0n) is 10.7. The number of nitrogen functional groups attached to an aromatic ring is 1. The van der Waals surface area contributed by atoms with Crippen molar-refractivity contribution in [3.63, 3.8) is 0 Å². The molecule has 0 amide bonds. The highest BCUT2D eigenvalue weighted by molar-refractivity contribution is 5.45. The van der Waals surface area contributed by atoms with Gasteiger partial charge in [0.05, 0.1) is 0 Å². The minimum Gasteiger partial charge on any atom is -0.385 e. The number of nitrogens with two attached hydrogens (primary N) is 1. The summed E-state index contributed by atoms with van der Waals surface area (Å²) in [5.41, 5.74) is 2.64. The van der Waals surface area contributed by atoms with Gasteiger partial charge in [0.1, 0.15) is 18.0 Å². The van der Waals surface area contributed by atoms with E-state index in [-0.39, 0.29) is 5.41 Å². The molecule has 0 saturated heterocycles. The number of hydrazine groups is 1. The van der Waals surface area contributed by atoms with Crippen LogP contribution in [-0.2, 0) is 4.74 Å². The van der Waals surface area contributed by atoms with E-state index in [1.54, 1.807) is 13.2 Å². The standard InChI is InChI=1S/C11H21N5O/c1-11(2,4-5-17-3)7-13-9-6-10(16-12)15-8-14-9/h6,8H,4-5,7,12H2,1-3H3,(H2,13,14,15,16). The third kappa shape index (κ3) is 4.97. The van der Waals surface area contributed by atoms with E-state index in [1.807, 2.05) is 0 Å². The molecule has 6 nitrogen and oxygen atoms in total. The summed E-state index contributed by atoms with van der Waals surface area (Å²) >= 11 is 0. The second kappa shape index (κ2) is 6.36. The van der Waals surface area contributed by atoms with Gasteiger partial charge in [-0.2, -0.15) is 0 Å². The van der Waals surface area contributed by atoms with Gasteiger partial charge in [-0.3, -0.25) is 0 Å². The Kier molecular flexibility index (Phi) is 5.11. The number of rotatable bonds is 7. The van der Waals surface area contributed by atoms with Crippen molar-refractivity contribution >= 4 is 11.6 Å². The van der Waals surface area contributed by atoms with Gasteiger partial charge in [0, 0.05) is 26.3 Å². The van der Waals surface area contributed by atoms with E-state index in [0.717, 1.165) is 25.4 Å². The number of hydrogen-bond donors (Lipinski definition) is 3. The van der Waals surface area contributed by atoms with Crippen molar-refractivity contribution in [1.29, 1.82) is 0 Å². The number of methoxy groups -OCH3 is 1. The molecular weight excluding hydrogens is 218 g/mol. The number of nitrogens with zero attached hydrogens (tertiary/aromatic N) is 2. The van der Waals surface area contributed by atoms with Crippen LogP contribution in [0.25, 0.3) is 0 Å². The van der Waals surface area contributed by atoms with Crippen LogP contribution in [0.3, 0.4) is 0 Å². The zero-order chi connectivity index (χ0) is 12.7. The smallest absolute Gasteiger partial charge is 0.145 e. The highest BCUT2D eigenvalue weighted by Crippen LogP contribution is 2.21. The van der Waals surface area contributed by atoms with E-state index in [1.165, 1.54) is 6.33 Å². The minimum atomic E-state index is 0.150. The Morgan fingerprint density at radius 3 is 2.71 bits per heavy atom. The molecule has 96 valence electrons. The number of anilines is 2. The molecule has 1 rings (SSSR count). The lowest BCUT2D eigenvalue weighted by Gasteiger charge is -2.24. The topological polar surface area (TPSA) is 85.1 Å². The summed E-state index contributed by atoms with van der Waals surface area (Å²) in [4.78, 5) is 8.07. The van der Waals surface area contributed by atoms with Crippen LogP contribution in [0, 0.1) is 5.41 Å². The molecule has 17 heavy (non-hydrogen) atoms. The van der Waals surface area contributed by atoms with E-state index >= 15 is 0 Å². The first-order chi connectivity index (χ1) is 8.07. The van der Waals surface area contributed by atoms with Crippen molar-refractivity contribution in [3.05, 3.63) is 12.4 Å².